The topological polar surface area (TPSA) is 126 Å². The first kappa shape index (κ1) is 27.4. The molecule has 0 fully saturated rings. The number of carboxylic acid groups (broad SMARTS) is 1. The number of ether oxygens (including phenoxy) is 5. The van der Waals surface area contributed by atoms with Crippen LogP contribution >= 0.6 is 11.7 Å². The molecule has 1 aromatic heterocycles. The van der Waals surface area contributed by atoms with Crippen LogP contribution in [0.4, 0.5) is 0 Å². The molecule has 202 valence electrons. The van der Waals surface area contributed by atoms with E-state index in [0.29, 0.717) is 39.4 Å². The zero-order chi connectivity index (χ0) is 28.1. The van der Waals surface area contributed by atoms with E-state index < -0.39 is 11.8 Å². The fraction of sp³-hybridized carbons (Fsp3) is 0.214. The SMILES string of the molecule is COc1ccc(CC(C(=O)c2cc(OC)c(OC)c(OC)c2)=C(C(=O)O)c2ccc3nsnc3c2)cc1OC. The largest absolute Gasteiger partial charge is 0.493 e. The molecule has 0 aliphatic heterocycles. The van der Waals surface area contributed by atoms with Crippen molar-refractivity contribution in [3.63, 3.8) is 0 Å². The summed E-state index contributed by atoms with van der Waals surface area (Å²) < 4.78 is 35.4. The van der Waals surface area contributed by atoms with Gasteiger partial charge >= 0.3 is 5.97 Å². The minimum atomic E-state index is -1.27. The van der Waals surface area contributed by atoms with Gasteiger partial charge in [0.15, 0.2) is 28.8 Å². The third kappa shape index (κ3) is 5.48. The lowest BCUT2D eigenvalue weighted by Crippen LogP contribution is -2.14. The normalized spacial score (nSPS) is 11.5. The molecule has 3 aromatic carbocycles. The Bertz CT molecular complexity index is 1550. The number of aliphatic carboxylic acids is 1. The number of rotatable bonds is 11. The molecule has 0 spiro atoms. The van der Waals surface area contributed by atoms with Crippen LogP contribution < -0.4 is 23.7 Å². The predicted molar refractivity (Wildman–Crippen MR) is 146 cm³/mol. The lowest BCUT2D eigenvalue weighted by molar-refractivity contribution is -0.130. The zero-order valence-electron chi connectivity index (χ0n) is 21.9. The summed E-state index contributed by atoms with van der Waals surface area (Å²) in [4.78, 5) is 26.9. The second-order valence-electron chi connectivity index (χ2n) is 8.24. The highest BCUT2D eigenvalue weighted by atomic mass is 32.1. The summed E-state index contributed by atoms with van der Waals surface area (Å²) in [5, 5.41) is 10.4. The van der Waals surface area contributed by atoms with Crippen molar-refractivity contribution in [3.05, 3.63) is 70.8 Å². The van der Waals surface area contributed by atoms with Crippen LogP contribution in [0.2, 0.25) is 0 Å². The second-order valence-corrected chi connectivity index (χ2v) is 8.76. The first-order valence-corrected chi connectivity index (χ1v) is 12.3. The van der Waals surface area contributed by atoms with Crippen molar-refractivity contribution in [1.29, 1.82) is 0 Å². The minimum absolute atomic E-state index is 0.0230. The van der Waals surface area contributed by atoms with Crippen LogP contribution in [0.15, 0.2) is 54.1 Å². The molecule has 0 radical (unpaired) electrons. The number of methoxy groups -OCH3 is 5. The van der Waals surface area contributed by atoms with E-state index in [9.17, 15) is 14.7 Å². The summed E-state index contributed by atoms with van der Waals surface area (Å²) in [5.41, 5.74) is 2.14. The molecule has 0 saturated carbocycles. The number of allylic oxidation sites excluding steroid dienone is 1. The van der Waals surface area contributed by atoms with Crippen LogP contribution in [0.5, 0.6) is 28.7 Å². The quantitative estimate of drug-likeness (QED) is 0.207. The Labute approximate surface area is 228 Å². The number of carbonyl (C=O) groups excluding carboxylic acids is 1. The van der Waals surface area contributed by atoms with Gasteiger partial charge in [0.25, 0.3) is 0 Å². The molecular weight excluding hydrogens is 524 g/mol. The minimum Gasteiger partial charge on any atom is -0.493 e. The van der Waals surface area contributed by atoms with E-state index in [4.69, 9.17) is 23.7 Å². The van der Waals surface area contributed by atoms with Gasteiger partial charge in [-0.3, -0.25) is 4.79 Å². The molecule has 0 atom stereocenters. The van der Waals surface area contributed by atoms with Crippen LogP contribution in [-0.4, -0.2) is 61.2 Å². The van der Waals surface area contributed by atoms with Crippen molar-refractivity contribution in [2.75, 3.05) is 35.5 Å². The lowest BCUT2D eigenvalue weighted by atomic mass is 9.89. The lowest BCUT2D eigenvalue weighted by Gasteiger charge is -2.17. The average Bonchev–Trinajstić information content (AvgIpc) is 3.43. The second kappa shape index (κ2) is 11.8. The van der Waals surface area contributed by atoms with Gasteiger partial charge in [0.05, 0.1) is 52.9 Å². The van der Waals surface area contributed by atoms with Crippen molar-refractivity contribution in [1.82, 2.24) is 8.75 Å². The number of fused-ring (bicyclic) bond motifs is 1. The monoisotopic (exact) mass is 550 g/mol. The molecule has 0 saturated heterocycles. The van der Waals surface area contributed by atoms with Crippen LogP contribution in [-0.2, 0) is 11.2 Å². The number of carboxylic acids is 1. The van der Waals surface area contributed by atoms with Crippen LogP contribution in [0, 0.1) is 0 Å². The van der Waals surface area contributed by atoms with Gasteiger partial charge in [0, 0.05) is 17.6 Å². The summed E-state index contributed by atoms with van der Waals surface area (Å²) in [6.45, 7) is 0. The number of ketones is 1. The molecule has 0 aliphatic rings. The standard InChI is InChI=1S/C28H26N2O8S/c1-34-21-9-6-15(11-22(21)35-2)10-18(25(28(32)33)16-7-8-19-20(12-16)30-39-29-19)26(31)17-13-23(36-3)27(38-5)24(14-17)37-4/h6-9,11-14H,10H2,1-5H3,(H,32,33). The van der Waals surface area contributed by atoms with Gasteiger partial charge in [-0.2, -0.15) is 8.75 Å². The molecular formula is C28H26N2O8S. The van der Waals surface area contributed by atoms with Crippen LogP contribution in [0.3, 0.4) is 0 Å². The van der Waals surface area contributed by atoms with E-state index in [1.165, 1.54) is 47.7 Å². The third-order valence-corrected chi connectivity index (χ3v) is 6.64. The smallest absolute Gasteiger partial charge is 0.336 e. The van der Waals surface area contributed by atoms with Crippen molar-refractivity contribution in [3.8, 4) is 28.7 Å². The summed E-state index contributed by atoms with van der Waals surface area (Å²) in [7, 11) is 7.34. The number of carbonyl (C=O) groups is 2. The van der Waals surface area contributed by atoms with Gasteiger partial charge in [-0.15, -0.1) is 0 Å². The van der Waals surface area contributed by atoms with Gasteiger partial charge in [-0.25, -0.2) is 4.79 Å². The molecule has 0 bridgehead atoms. The van der Waals surface area contributed by atoms with Gasteiger partial charge in [-0.05, 0) is 47.5 Å². The number of benzene rings is 3. The van der Waals surface area contributed by atoms with E-state index in [2.05, 4.69) is 8.75 Å². The van der Waals surface area contributed by atoms with Gasteiger partial charge in [0.1, 0.15) is 11.0 Å². The Hall–Kier alpha value is -4.64. The fourth-order valence-electron chi connectivity index (χ4n) is 4.23. The molecule has 10 nitrogen and oxygen atoms in total. The first-order chi connectivity index (χ1) is 18.8. The first-order valence-electron chi connectivity index (χ1n) is 11.6. The number of aromatic nitrogens is 2. The molecule has 11 heteroatoms. The third-order valence-electron chi connectivity index (χ3n) is 6.09. The molecule has 1 heterocycles. The Morgan fingerprint density at radius 1 is 0.718 bits per heavy atom. The highest BCUT2D eigenvalue weighted by Crippen LogP contribution is 2.40. The number of hydrogen-bond acceptors (Lipinski definition) is 10. The maximum Gasteiger partial charge on any atom is 0.336 e. The number of nitrogens with zero attached hydrogens (tertiary/aromatic N) is 2. The van der Waals surface area contributed by atoms with E-state index in [0.717, 1.165) is 11.7 Å². The van der Waals surface area contributed by atoms with E-state index in [1.807, 2.05) is 0 Å². The van der Waals surface area contributed by atoms with E-state index in [-0.39, 0.29) is 34.6 Å². The van der Waals surface area contributed by atoms with Gasteiger partial charge < -0.3 is 28.8 Å². The number of hydrogen-bond donors (Lipinski definition) is 1. The Morgan fingerprint density at radius 3 is 1.95 bits per heavy atom. The Kier molecular flexibility index (Phi) is 8.30. The summed E-state index contributed by atoms with van der Waals surface area (Å²) in [6, 6.07) is 13.0. The Balaban J connectivity index is 1.96. The van der Waals surface area contributed by atoms with Crippen LogP contribution in [0.25, 0.3) is 16.6 Å². The molecule has 0 unspecified atom stereocenters. The molecule has 0 aliphatic carbocycles. The zero-order valence-corrected chi connectivity index (χ0v) is 22.8. The average molecular weight is 551 g/mol. The summed E-state index contributed by atoms with van der Waals surface area (Å²) >= 11 is 1.02. The van der Waals surface area contributed by atoms with Crippen LogP contribution in [0.1, 0.15) is 21.5 Å². The maximum atomic E-state index is 14.1. The highest BCUT2D eigenvalue weighted by Gasteiger charge is 2.27. The maximum absolute atomic E-state index is 14.1. The van der Waals surface area contributed by atoms with E-state index >= 15 is 0 Å². The fourth-order valence-corrected chi connectivity index (χ4v) is 4.75. The number of Topliss-reactive ketones (excluding diaryl/α,β-unsaturated/α-hetero) is 1. The highest BCUT2D eigenvalue weighted by molar-refractivity contribution is 7.00. The van der Waals surface area contributed by atoms with E-state index in [1.54, 1.807) is 36.4 Å². The predicted octanol–water partition coefficient (Wildman–Crippen LogP) is 4.70. The summed E-state index contributed by atoms with van der Waals surface area (Å²) in [5.74, 6) is -0.0206. The van der Waals surface area contributed by atoms with Crippen molar-refractivity contribution < 1.29 is 38.4 Å². The van der Waals surface area contributed by atoms with Gasteiger partial charge in [-0.1, -0.05) is 12.1 Å². The molecule has 1 N–H and O–H groups in total. The molecule has 39 heavy (non-hydrogen) atoms. The van der Waals surface area contributed by atoms with Crippen molar-refractivity contribution >= 4 is 40.1 Å². The molecule has 4 aromatic rings. The Morgan fingerprint density at radius 2 is 1.36 bits per heavy atom. The molecule has 4 rings (SSSR count). The molecule has 0 amide bonds. The van der Waals surface area contributed by atoms with Crippen molar-refractivity contribution in [2.24, 2.45) is 0 Å². The van der Waals surface area contributed by atoms with Crippen molar-refractivity contribution in [2.45, 2.75) is 6.42 Å². The van der Waals surface area contributed by atoms with Gasteiger partial charge in [0.2, 0.25) is 5.75 Å². The summed E-state index contributed by atoms with van der Waals surface area (Å²) in [6.07, 6.45) is -0.0230.